The van der Waals surface area contributed by atoms with E-state index in [1.165, 1.54) is 12.1 Å². The molecule has 30 heavy (non-hydrogen) atoms. The van der Waals surface area contributed by atoms with Crippen LogP contribution in [0.5, 0.6) is 0 Å². The van der Waals surface area contributed by atoms with Crippen LogP contribution in [0.3, 0.4) is 0 Å². The second kappa shape index (κ2) is 9.31. The number of benzene rings is 3. The normalized spacial score (nSPS) is 11.2. The van der Waals surface area contributed by atoms with E-state index in [2.05, 4.69) is 5.32 Å². The minimum Gasteiger partial charge on any atom is -0.379 e. The average molecular weight is 400 g/mol. The van der Waals surface area contributed by atoms with Gasteiger partial charge in [-0.1, -0.05) is 48.5 Å². The van der Waals surface area contributed by atoms with Crippen LogP contribution in [-0.4, -0.2) is 11.5 Å². The van der Waals surface area contributed by atoms with Crippen LogP contribution in [0.2, 0.25) is 0 Å². The molecule has 3 aromatic rings. The van der Waals surface area contributed by atoms with Crippen LogP contribution in [0.4, 0.5) is 15.8 Å². The molecule has 0 aliphatic heterocycles. The molecule has 0 unspecified atom stereocenters. The number of nitriles is 2. The summed E-state index contributed by atoms with van der Waals surface area (Å²) in [6.07, 6.45) is 0.388. The van der Waals surface area contributed by atoms with E-state index >= 15 is 0 Å². The van der Waals surface area contributed by atoms with Gasteiger partial charge in [-0.05, 0) is 29.7 Å². The standard InChI is InChI=1S/C23H17FN4O2/c24-21-9-5-4-8-17(21)10-20(16-6-2-1-3-7-16)15-27-22-11-18(13-25)19(14-26)12-23(22)28(29)30/h1-9,11-12,20,27H,10,15H2/t20-/m1/s1. The molecule has 0 spiro atoms. The predicted molar refractivity (Wildman–Crippen MR) is 110 cm³/mol. The van der Waals surface area contributed by atoms with E-state index in [0.29, 0.717) is 12.0 Å². The van der Waals surface area contributed by atoms with Gasteiger partial charge in [0.2, 0.25) is 0 Å². The average Bonchev–Trinajstić information content (AvgIpc) is 2.77. The lowest BCUT2D eigenvalue weighted by Crippen LogP contribution is -2.16. The molecule has 1 atom stereocenters. The number of nitrogens with one attached hydrogen (secondary N) is 1. The number of nitrogens with zero attached hydrogens (tertiary/aromatic N) is 3. The van der Waals surface area contributed by atoms with Crippen LogP contribution in [0.1, 0.15) is 28.2 Å². The van der Waals surface area contributed by atoms with Crippen LogP contribution in [0, 0.1) is 38.6 Å². The highest BCUT2D eigenvalue weighted by Crippen LogP contribution is 2.30. The van der Waals surface area contributed by atoms with E-state index < -0.39 is 4.92 Å². The summed E-state index contributed by atoms with van der Waals surface area (Å²) in [5, 5.41) is 32.9. The second-order valence-corrected chi connectivity index (χ2v) is 6.68. The SMILES string of the molecule is N#Cc1cc(NC[C@@H](Cc2ccccc2F)c2ccccc2)c([N+](=O)[O-])cc1C#N. The van der Waals surface area contributed by atoms with Crippen molar-refractivity contribution in [2.45, 2.75) is 12.3 Å². The summed E-state index contributed by atoms with van der Waals surface area (Å²) < 4.78 is 14.2. The molecular weight excluding hydrogens is 383 g/mol. The Kier molecular flexibility index (Phi) is 6.36. The van der Waals surface area contributed by atoms with Gasteiger partial charge in [-0.25, -0.2) is 4.39 Å². The Balaban J connectivity index is 1.93. The summed E-state index contributed by atoms with van der Waals surface area (Å²) in [5.74, 6) is -0.488. The van der Waals surface area contributed by atoms with E-state index in [0.717, 1.165) is 11.6 Å². The molecule has 0 amide bonds. The van der Waals surface area contributed by atoms with Crippen LogP contribution in [-0.2, 0) is 6.42 Å². The zero-order chi connectivity index (χ0) is 21.5. The van der Waals surface area contributed by atoms with Gasteiger partial charge >= 0.3 is 0 Å². The topological polar surface area (TPSA) is 103 Å². The van der Waals surface area contributed by atoms with Gasteiger partial charge in [0.05, 0.1) is 16.1 Å². The van der Waals surface area contributed by atoms with Crippen molar-refractivity contribution in [2.75, 3.05) is 11.9 Å². The number of nitro benzene ring substituents is 1. The van der Waals surface area contributed by atoms with E-state index in [9.17, 15) is 19.8 Å². The predicted octanol–water partition coefficient (Wildman–Crippen LogP) is 4.92. The van der Waals surface area contributed by atoms with Crippen molar-refractivity contribution >= 4 is 11.4 Å². The number of hydrogen-bond donors (Lipinski definition) is 1. The number of halogens is 1. The first kappa shape index (κ1) is 20.5. The minimum atomic E-state index is -0.598. The van der Waals surface area contributed by atoms with Crippen molar-refractivity contribution in [1.82, 2.24) is 0 Å². The van der Waals surface area contributed by atoms with Gasteiger partial charge < -0.3 is 5.32 Å². The van der Waals surface area contributed by atoms with Gasteiger partial charge in [-0.3, -0.25) is 10.1 Å². The van der Waals surface area contributed by atoms with Gasteiger partial charge in [0.25, 0.3) is 5.69 Å². The number of hydrogen-bond acceptors (Lipinski definition) is 5. The Morgan fingerprint density at radius 3 is 2.27 bits per heavy atom. The van der Waals surface area contributed by atoms with E-state index in [1.54, 1.807) is 24.3 Å². The molecule has 0 aliphatic carbocycles. The summed E-state index contributed by atoms with van der Waals surface area (Å²) in [7, 11) is 0. The van der Waals surface area contributed by atoms with Crippen molar-refractivity contribution in [3.63, 3.8) is 0 Å². The Bertz CT molecular complexity index is 1150. The Morgan fingerprint density at radius 1 is 1.00 bits per heavy atom. The maximum Gasteiger partial charge on any atom is 0.293 e. The summed E-state index contributed by atoms with van der Waals surface area (Å²) in [6.45, 7) is 0.274. The zero-order valence-electron chi connectivity index (χ0n) is 15.9. The van der Waals surface area contributed by atoms with Gasteiger partial charge in [0.15, 0.2) is 0 Å². The maximum absolute atomic E-state index is 14.2. The van der Waals surface area contributed by atoms with Gasteiger partial charge in [-0.2, -0.15) is 10.5 Å². The minimum absolute atomic E-state index is 0.0518. The summed E-state index contributed by atoms with van der Waals surface area (Å²) in [6, 6.07) is 22.0. The Labute approximate surface area is 173 Å². The summed E-state index contributed by atoms with van der Waals surface area (Å²) >= 11 is 0. The molecule has 0 saturated heterocycles. The van der Waals surface area contributed by atoms with Crippen molar-refractivity contribution in [3.8, 4) is 12.1 Å². The highest BCUT2D eigenvalue weighted by molar-refractivity contribution is 5.68. The third-order valence-electron chi connectivity index (χ3n) is 4.81. The quantitative estimate of drug-likeness (QED) is 0.448. The summed E-state index contributed by atoms with van der Waals surface area (Å²) in [5.41, 5.74) is 1.34. The molecule has 6 nitrogen and oxygen atoms in total. The molecule has 0 aliphatic rings. The zero-order valence-corrected chi connectivity index (χ0v) is 15.9. The van der Waals surface area contributed by atoms with E-state index in [4.69, 9.17) is 5.26 Å². The van der Waals surface area contributed by atoms with Gasteiger partial charge in [0, 0.05) is 18.5 Å². The smallest absolute Gasteiger partial charge is 0.293 e. The number of anilines is 1. The van der Waals surface area contributed by atoms with E-state index in [1.807, 2.05) is 36.4 Å². The van der Waals surface area contributed by atoms with Gasteiger partial charge in [0.1, 0.15) is 23.6 Å². The van der Waals surface area contributed by atoms with Crippen molar-refractivity contribution < 1.29 is 9.31 Å². The molecule has 148 valence electrons. The molecule has 3 aromatic carbocycles. The molecule has 3 rings (SSSR count). The van der Waals surface area contributed by atoms with Crippen LogP contribution >= 0.6 is 0 Å². The lowest BCUT2D eigenvalue weighted by Gasteiger charge is -2.19. The largest absolute Gasteiger partial charge is 0.379 e. The second-order valence-electron chi connectivity index (χ2n) is 6.68. The highest BCUT2D eigenvalue weighted by Gasteiger charge is 2.21. The molecule has 0 radical (unpaired) electrons. The van der Waals surface area contributed by atoms with Crippen molar-refractivity contribution in [2.24, 2.45) is 0 Å². The van der Waals surface area contributed by atoms with Crippen LogP contribution in [0.15, 0.2) is 66.7 Å². The molecule has 0 saturated carbocycles. The molecule has 7 heteroatoms. The van der Waals surface area contributed by atoms with Crippen molar-refractivity contribution in [1.29, 1.82) is 10.5 Å². The molecule has 0 aromatic heterocycles. The van der Waals surface area contributed by atoms with Crippen LogP contribution in [0.25, 0.3) is 0 Å². The Morgan fingerprint density at radius 2 is 1.63 bits per heavy atom. The number of nitro groups is 1. The lowest BCUT2D eigenvalue weighted by molar-refractivity contribution is -0.384. The fourth-order valence-corrected chi connectivity index (χ4v) is 3.26. The molecule has 0 bridgehead atoms. The molecule has 1 N–H and O–H groups in total. The molecular formula is C23H17FN4O2. The monoisotopic (exact) mass is 400 g/mol. The van der Waals surface area contributed by atoms with Gasteiger partial charge in [-0.15, -0.1) is 0 Å². The third kappa shape index (κ3) is 4.60. The van der Waals surface area contributed by atoms with E-state index in [-0.39, 0.29) is 40.8 Å². The first-order valence-electron chi connectivity index (χ1n) is 9.18. The summed E-state index contributed by atoms with van der Waals surface area (Å²) in [4.78, 5) is 10.9. The number of rotatable bonds is 7. The third-order valence-corrected chi connectivity index (χ3v) is 4.81. The molecule has 0 heterocycles. The van der Waals surface area contributed by atoms with Crippen LogP contribution < -0.4 is 5.32 Å². The first-order chi connectivity index (χ1) is 14.5. The fourth-order valence-electron chi connectivity index (χ4n) is 3.26. The lowest BCUT2D eigenvalue weighted by atomic mass is 9.91. The maximum atomic E-state index is 14.2. The highest BCUT2D eigenvalue weighted by atomic mass is 19.1. The Hall–Kier alpha value is -4.23. The fraction of sp³-hybridized carbons (Fsp3) is 0.130. The van der Waals surface area contributed by atoms with Crippen molar-refractivity contribution in [3.05, 3.63) is 105 Å². The molecule has 0 fully saturated rings. The first-order valence-corrected chi connectivity index (χ1v) is 9.18.